The molecule has 1 heterocycles. The van der Waals surface area contributed by atoms with Crippen LogP contribution in [0.4, 0.5) is 10.4 Å². The Kier molecular flexibility index (Phi) is 3.59. The van der Waals surface area contributed by atoms with Crippen molar-refractivity contribution in [2.45, 2.75) is 27.2 Å². The molecule has 0 unspecified atom stereocenters. The number of aryl methyl sites for hydroxylation is 3. The lowest BCUT2D eigenvalue weighted by atomic mass is 10.0. The Hall–Kier alpha value is -2.24. The minimum Gasteiger partial charge on any atom is -0.408 e. The van der Waals surface area contributed by atoms with Gasteiger partial charge in [-0.15, -0.1) is 5.10 Å². The predicted octanol–water partition coefficient (Wildman–Crippen LogP) is 2.64. The summed E-state index contributed by atoms with van der Waals surface area (Å²) in [5, 5.41) is 9.77. The summed E-state index contributed by atoms with van der Waals surface area (Å²) in [5.74, 6) is -0.747. The van der Waals surface area contributed by atoms with Gasteiger partial charge in [0.15, 0.2) is 0 Å². The van der Waals surface area contributed by atoms with Crippen molar-refractivity contribution in [1.82, 2.24) is 10.2 Å². The Morgan fingerprint density at radius 1 is 1.37 bits per heavy atom. The number of hydrogen-bond donors (Lipinski definition) is 1. The monoisotopic (exact) mass is 263 g/mol. The molecule has 2 rings (SSSR count). The fraction of sp³-hybridized carbons (Fsp3) is 0.308. The lowest BCUT2D eigenvalue weighted by Crippen LogP contribution is -2.16. The zero-order valence-corrected chi connectivity index (χ0v) is 11.0. The highest BCUT2D eigenvalue weighted by atomic mass is 19.1. The number of hydrogen-bond acceptors (Lipinski definition) is 4. The number of nitrogens with one attached hydrogen (secondary N) is 1. The molecule has 1 aromatic carbocycles. The van der Waals surface area contributed by atoms with Crippen molar-refractivity contribution in [2.24, 2.45) is 0 Å². The maximum Gasteiger partial charge on any atom is 0.322 e. The molecule has 0 atom stereocenters. The molecule has 0 saturated heterocycles. The third-order valence-electron chi connectivity index (χ3n) is 2.65. The number of carbonyl (C=O) groups is 1. The van der Waals surface area contributed by atoms with Gasteiger partial charge in [0.05, 0.1) is 5.56 Å². The van der Waals surface area contributed by atoms with E-state index in [0.29, 0.717) is 17.9 Å². The first-order chi connectivity index (χ1) is 9.01. The number of anilines is 1. The SMILES string of the molecule is CCc1nnc(NC(=O)c2c(C)cc(C)cc2F)o1. The maximum absolute atomic E-state index is 13.8. The van der Waals surface area contributed by atoms with Crippen LogP contribution in [0.1, 0.15) is 34.3 Å². The van der Waals surface area contributed by atoms with E-state index in [1.54, 1.807) is 19.9 Å². The van der Waals surface area contributed by atoms with Gasteiger partial charge in [-0.05, 0) is 31.0 Å². The van der Waals surface area contributed by atoms with E-state index in [0.717, 1.165) is 5.56 Å². The standard InChI is InChI=1S/C13H14FN3O2/c1-4-10-16-17-13(19-10)15-12(18)11-8(3)5-7(2)6-9(11)14/h5-6H,4H2,1-3H3,(H,15,17,18). The van der Waals surface area contributed by atoms with Gasteiger partial charge in [0.1, 0.15) is 5.82 Å². The molecule has 1 N–H and O–H groups in total. The van der Waals surface area contributed by atoms with Crippen molar-refractivity contribution in [3.63, 3.8) is 0 Å². The first-order valence-corrected chi connectivity index (χ1v) is 5.91. The Bertz CT molecular complexity index is 599. The van der Waals surface area contributed by atoms with E-state index in [9.17, 15) is 9.18 Å². The average Bonchev–Trinajstić information content (AvgIpc) is 2.75. The zero-order chi connectivity index (χ0) is 14.0. The van der Waals surface area contributed by atoms with E-state index >= 15 is 0 Å². The lowest BCUT2D eigenvalue weighted by molar-refractivity contribution is 0.101. The highest BCUT2D eigenvalue weighted by Gasteiger charge is 2.17. The van der Waals surface area contributed by atoms with Gasteiger partial charge in [0.2, 0.25) is 5.89 Å². The summed E-state index contributed by atoms with van der Waals surface area (Å²) < 4.78 is 19.0. The Morgan fingerprint density at radius 2 is 2.11 bits per heavy atom. The number of nitrogens with zero attached hydrogens (tertiary/aromatic N) is 2. The van der Waals surface area contributed by atoms with Crippen LogP contribution in [-0.2, 0) is 6.42 Å². The van der Waals surface area contributed by atoms with Gasteiger partial charge in [-0.1, -0.05) is 18.1 Å². The van der Waals surface area contributed by atoms with Gasteiger partial charge in [0.25, 0.3) is 5.91 Å². The first-order valence-electron chi connectivity index (χ1n) is 5.91. The van der Waals surface area contributed by atoms with Crippen LogP contribution in [0.3, 0.4) is 0 Å². The number of carbonyl (C=O) groups excluding carboxylic acids is 1. The number of halogens is 1. The number of benzene rings is 1. The quantitative estimate of drug-likeness (QED) is 0.924. The second-order valence-electron chi connectivity index (χ2n) is 4.25. The molecule has 0 aliphatic heterocycles. The van der Waals surface area contributed by atoms with Crippen molar-refractivity contribution < 1.29 is 13.6 Å². The van der Waals surface area contributed by atoms with Crippen LogP contribution in [-0.4, -0.2) is 16.1 Å². The highest BCUT2D eigenvalue weighted by molar-refractivity contribution is 6.04. The summed E-state index contributed by atoms with van der Waals surface area (Å²) in [6.45, 7) is 5.29. The van der Waals surface area contributed by atoms with Gasteiger partial charge >= 0.3 is 6.01 Å². The van der Waals surface area contributed by atoms with E-state index in [1.165, 1.54) is 6.07 Å². The molecule has 0 radical (unpaired) electrons. The topological polar surface area (TPSA) is 68.0 Å². The van der Waals surface area contributed by atoms with Crippen LogP contribution in [0.15, 0.2) is 16.5 Å². The molecule has 100 valence electrons. The fourth-order valence-corrected chi connectivity index (χ4v) is 1.81. The molecule has 0 saturated carbocycles. The Morgan fingerprint density at radius 3 is 2.68 bits per heavy atom. The molecular weight excluding hydrogens is 249 g/mol. The van der Waals surface area contributed by atoms with Crippen molar-refractivity contribution in [1.29, 1.82) is 0 Å². The largest absolute Gasteiger partial charge is 0.408 e. The minimum atomic E-state index is -0.596. The molecule has 19 heavy (non-hydrogen) atoms. The third kappa shape index (κ3) is 2.78. The number of aromatic nitrogens is 2. The fourth-order valence-electron chi connectivity index (χ4n) is 1.81. The molecule has 5 nitrogen and oxygen atoms in total. The molecule has 1 amide bonds. The van der Waals surface area contributed by atoms with Crippen LogP contribution in [0.2, 0.25) is 0 Å². The summed E-state index contributed by atoms with van der Waals surface area (Å²) in [7, 11) is 0. The number of rotatable bonds is 3. The van der Waals surface area contributed by atoms with Crippen LogP contribution in [0, 0.1) is 19.7 Å². The van der Waals surface area contributed by atoms with Crippen molar-refractivity contribution in [2.75, 3.05) is 5.32 Å². The van der Waals surface area contributed by atoms with Crippen LogP contribution < -0.4 is 5.32 Å². The van der Waals surface area contributed by atoms with Crippen molar-refractivity contribution in [3.05, 3.63) is 40.5 Å². The van der Waals surface area contributed by atoms with Crippen molar-refractivity contribution >= 4 is 11.9 Å². The minimum absolute atomic E-state index is 0.0122. The second kappa shape index (κ2) is 5.17. The molecule has 0 bridgehead atoms. The van der Waals surface area contributed by atoms with Gasteiger partial charge in [-0.25, -0.2) is 4.39 Å². The first kappa shape index (κ1) is 13.2. The molecule has 0 aliphatic rings. The van der Waals surface area contributed by atoms with Crippen LogP contribution >= 0.6 is 0 Å². The van der Waals surface area contributed by atoms with Crippen molar-refractivity contribution in [3.8, 4) is 0 Å². The summed E-state index contributed by atoms with van der Waals surface area (Å²) in [4.78, 5) is 12.0. The summed E-state index contributed by atoms with van der Waals surface area (Å²) in [5.41, 5.74) is 1.31. The van der Waals surface area contributed by atoms with Gasteiger partial charge < -0.3 is 4.42 Å². The van der Waals surface area contributed by atoms with Gasteiger partial charge in [0, 0.05) is 6.42 Å². The van der Waals surface area contributed by atoms with E-state index in [1.807, 2.05) is 6.92 Å². The van der Waals surface area contributed by atoms with Crippen LogP contribution in [0.5, 0.6) is 0 Å². The lowest BCUT2D eigenvalue weighted by Gasteiger charge is -2.07. The maximum atomic E-state index is 13.8. The Balaban J connectivity index is 2.25. The zero-order valence-electron chi connectivity index (χ0n) is 11.0. The molecule has 2 aromatic rings. The molecule has 0 fully saturated rings. The molecule has 0 spiro atoms. The van der Waals surface area contributed by atoms with E-state index in [4.69, 9.17) is 4.42 Å². The summed E-state index contributed by atoms with van der Waals surface area (Å²) in [6, 6.07) is 3.03. The second-order valence-corrected chi connectivity index (χ2v) is 4.25. The van der Waals surface area contributed by atoms with Crippen LogP contribution in [0.25, 0.3) is 0 Å². The smallest absolute Gasteiger partial charge is 0.322 e. The summed E-state index contributed by atoms with van der Waals surface area (Å²) in [6.07, 6.45) is 0.570. The third-order valence-corrected chi connectivity index (χ3v) is 2.65. The number of amides is 1. The normalized spacial score (nSPS) is 10.5. The summed E-state index contributed by atoms with van der Waals surface area (Å²) >= 11 is 0. The predicted molar refractivity (Wildman–Crippen MR) is 67.5 cm³/mol. The van der Waals surface area contributed by atoms with E-state index < -0.39 is 11.7 Å². The highest BCUT2D eigenvalue weighted by Crippen LogP contribution is 2.17. The molecule has 0 aliphatic carbocycles. The van der Waals surface area contributed by atoms with Gasteiger partial charge in [-0.3, -0.25) is 10.1 Å². The van der Waals surface area contributed by atoms with Gasteiger partial charge in [-0.2, -0.15) is 0 Å². The van der Waals surface area contributed by atoms with E-state index in [2.05, 4.69) is 15.5 Å². The molecule has 1 aromatic heterocycles. The Labute approximate surface area is 109 Å². The average molecular weight is 263 g/mol. The molecular formula is C13H14FN3O2. The molecule has 6 heteroatoms. The van der Waals surface area contributed by atoms with E-state index in [-0.39, 0.29) is 11.6 Å².